The predicted octanol–water partition coefficient (Wildman–Crippen LogP) is 1.77. The van der Waals surface area contributed by atoms with E-state index in [-0.39, 0.29) is 17.9 Å². The van der Waals surface area contributed by atoms with E-state index in [0.29, 0.717) is 17.7 Å². The smallest absolute Gasteiger partial charge is 0.252 e. The van der Waals surface area contributed by atoms with Crippen LogP contribution in [0.25, 0.3) is 0 Å². The zero-order chi connectivity index (χ0) is 13.6. The van der Waals surface area contributed by atoms with Gasteiger partial charge in [-0.15, -0.1) is 0 Å². The van der Waals surface area contributed by atoms with Gasteiger partial charge in [0.05, 0.1) is 12.1 Å². The third-order valence-corrected chi connectivity index (χ3v) is 2.28. The van der Waals surface area contributed by atoms with E-state index >= 15 is 0 Å². The van der Waals surface area contributed by atoms with Gasteiger partial charge in [-0.05, 0) is 17.5 Å². The zero-order valence-corrected chi connectivity index (χ0v) is 11.2. The fourth-order valence-electron chi connectivity index (χ4n) is 1.38. The van der Waals surface area contributed by atoms with Gasteiger partial charge in [0, 0.05) is 12.1 Å². The lowest BCUT2D eigenvalue weighted by Gasteiger charge is -2.18. The molecule has 0 aliphatic carbocycles. The summed E-state index contributed by atoms with van der Waals surface area (Å²) in [5.74, 6) is 5.59. The lowest BCUT2D eigenvalue weighted by Crippen LogP contribution is -2.32. The van der Waals surface area contributed by atoms with Crippen molar-refractivity contribution in [2.75, 3.05) is 13.1 Å². The van der Waals surface area contributed by atoms with Gasteiger partial charge in [0.2, 0.25) is 0 Å². The molecule has 0 heterocycles. The third-order valence-electron chi connectivity index (χ3n) is 2.28. The van der Waals surface area contributed by atoms with Crippen molar-refractivity contribution < 1.29 is 4.79 Å². The number of hydrogen-bond acceptors (Lipinski definition) is 2. The molecule has 3 N–H and O–H groups in total. The normalized spacial score (nSPS) is 10.4. The quantitative estimate of drug-likeness (QED) is 0.779. The average molecular weight is 244 g/mol. The van der Waals surface area contributed by atoms with Crippen LogP contribution in [0.4, 0.5) is 0 Å². The molecule has 0 bridgehead atoms. The van der Waals surface area contributed by atoms with E-state index in [0.717, 1.165) is 0 Å². The number of nitrogens with two attached hydrogens (primary N) is 1. The number of benzene rings is 1. The molecular weight excluding hydrogens is 224 g/mol. The van der Waals surface area contributed by atoms with Gasteiger partial charge in [0.25, 0.3) is 5.91 Å². The van der Waals surface area contributed by atoms with E-state index in [9.17, 15) is 4.79 Å². The average Bonchev–Trinajstić information content (AvgIpc) is 2.33. The minimum Gasteiger partial charge on any atom is -0.351 e. The van der Waals surface area contributed by atoms with Crippen molar-refractivity contribution in [3.63, 3.8) is 0 Å². The molecule has 1 aromatic rings. The summed E-state index contributed by atoms with van der Waals surface area (Å²) in [5.41, 5.74) is 6.72. The first kappa shape index (κ1) is 14.3. The Kier molecular flexibility index (Phi) is 4.94. The molecule has 1 rings (SSSR count). The van der Waals surface area contributed by atoms with Crippen molar-refractivity contribution in [1.82, 2.24) is 5.32 Å². The Morgan fingerprint density at radius 2 is 2.00 bits per heavy atom. The molecule has 0 aromatic heterocycles. The van der Waals surface area contributed by atoms with E-state index in [1.54, 1.807) is 6.07 Å². The molecule has 18 heavy (non-hydrogen) atoms. The van der Waals surface area contributed by atoms with Crippen LogP contribution < -0.4 is 11.1 Å². The maximum absolute atomic E-state index is 12.1. The summed E-state index contributed by atoms with van der Waals surface area (Å²) >= 11 is 0. The van der Waals surface area contributed by atoms with Crippen LogP contribution in [0.2, 0.25) is 0 Å². The van der Waals surface area contributed by atoms with Gasteiger partial charge in [-0.3, -0.25) is 4.79 Å². The summed E-state index contributed by atoms with van der Waals surface area (Å²) in [4.78, 5) is 12.1. The van der Waals surface area contributed by atoms with Crippen LogP contribution in [0.1, 0.15) is 36.7 Å². The summed E-state index contributed by atoms with van der Waals surface area (Å²) < 4.78 is 0. The van der Waals surface area contributed by atoms with Crippen LogP contribution in [-0.4, -0.2) is 19.0 Å². The number of hydrogen-bond donors (Lipinski definition) is 2. The Morgan fingerprint density at radius 3 is 2.61 bits per heavy atom. The van der Waals surface area contributed by atoms with Crippen molar-refractivity contribution in [2.24, 2.45) is 11.1 Å². The number of carbonyl (C=O) groups is 1. The standard InChI is InChI=1S/C15H20N2O/c1-15(2,3)11-17-14(18)13-9-5-4-7-12(13)8-6-10-16/h4-5,7,9H,10-11,16H2,1-3H3,(H,17,18). The molecular formula is C15H20N2O. The van der Waals surface area contributed by atoms with Gasteiger partial charge < -0.3 is 11.1 Å². The van der Waals surface area contributed by atoms with Gasteiger partial charge in [-0.2, -0.15) is 0 Å². The van der Waals surface area contributed by atoms with Crippen molar-refractivity contribution in [1.29, 1.82) is 0 Å². The van der Waals surface area contributed by atoms with Gasteiger partial charge >= 0.3 is 0 Å². The van der Waals surface area contributed by atoms with Gasteiger partial charge in [0.15, 0.2) is 0 Å². The Hall–Kier alpha value is -1.79. The molecule has 0 aliphatic rings. The summed E-state index contributed by atoms with van der Waals surface area (Å²) in [6, 6.07) is 7.30. The first-order chi connectivity index (χ1) is 8.44. The van der Waals surface area contributed by atoms with Gasteiger partial charge in [-0.1, -0.05) is 44.7 Å². The molecule has 0 unspecified atom stereocenters. The minimum atomic E-state index is -0.0909. The molecule has 96 valence electrons. The van der Waals surface area contributed by atoms with E-state index < -0.39 is 0 Å². The highest BCUT2D eigenvalue weighted by Gasteiger charge is 2.14. The topological polar surface area (TPSA) is 55.1 Å². The van der Waals surface area contributed by atoms with E-state index in [1.165, 1.54) is 0 Å². The lowest BCUT2D eigenvalue weighted by molar-refractivity contribution is 0.0939. The fourth-order valence-corrected chi connectivity index (χ4v) is 1.38. The van der Waals surface area contributed by atoms with Crippen LogP contribution >= 0.6 is 0 Å². The largest absolute Gasteiger partial charge is 0.351 e. The van der Waals surface area contributed by atoms with Gasteiger partial charge in [-0.25, -0.2) is 0 Å². The Bertz CT molecular complexity index is 475. The molecule has 0 saturated carbocycles. The van der Waals surface area contributed by atoms with E-state index in [4.69, 9.17) is 5.73 Å². The van der Waals surface area contributed by atoms with Crippen LogP contribution in [0.5, 0.6) is 0 Å². The van der Waals surface area contributed by atoms with Crippen LogP contribution in [-0.2, 0) is 0 Å². The first-order valence-corrected chi connectivity index (χ1v) is 6.00. The second kappa shape index (κ2) is 6.23. The molecule has 0 radical (unpaired) electrons. The fraction of sp³-hybridized carbons (Fsp3) is 0.400. The lowest BCUT2D eigenvalue weighted by atomic mass is 9.96. The molecule has 0 atom stereocenters. The molecule has 0 spiro atoms. The molecule has 1 aromatic carbocycles. The first-order valence-electron chi connectivity index (χ1n) is 6.00. The zero-order valence-electron chi connectivity index (χ0n) is 11.2. The summed E-state index contributed by atoms with van der Waals surface area (Å²) in [5, 5.41) is 2.92. The highest BCUT2D eigenvalue weighted by Crippen LogP contribution is 2.12. The van der Waals surface area contributed by atoms with Crippen molar-refractivity contribution in [3.8, 4) is 11.8 Å². The molecule has 1 amide bonds. The second-order valence-corrected chi connectivity index (χ2v) is 5.29. The third kappa shape index (κ3) is 4.60. The maximum atomic E-state index is 12.1. The Morgan fingerprint density at radius 1 is 1.33 bits per heavy atom. The SMILES string of the molecule is CC(C)(C)CNC(=O)c1ccccc1C#CCN. The number of nitrogens with one attached hydrogen (secondary N) is 1. The molecule has 0 aliphatic heterocycles. The number of carbonyl (C=O) groups excluding carboxylic acids is 1. The second-order valence-electron chi connectivity index (χ2n) is 5.29. The predicted molar refractivity (Wildman–Crippen MR) is 74.2 cm³/mol. The highest BCUT2D eigenvalue weighted by molar-refractivity contribution is 5.96. The van der Waals surface area contributed by atoms with Crippen molar-refractivity contribution >= 4 is 5.91 Å². The molecule has 0 fully saturated rings. The van der Waals surface area contributed by atoms with E-state index in [1.807, 2.05) is 18.2 Å². The highest BCUT2D eigenvalue weighted by atomic mass is 16.1. The monoisotopic (exact) mass is 244 g/mol. The summed E-state index contributed by atoms with van der Waals surface area (Å²) in [6.45, 7) is 7.15. The molecule has 3 heteroatoms. The molecule has 3 nitrogen and oxygen atoms in total. The Balaban J connectivity index is 2.85. The van der Waals surface area contributed by atoms with Crippen LogP contribution in [0.3, 0.4) is 0 Å². The van der Waals surface area contributed by atoms with Crippen LogP contribution in [0.15, 0.2) is 24.3 Å². The number of rotatable bonds is 2. The minimum absolute atomic E-state index is 0.0630. The number of amides is 1. The van der Waals surface area contributed by atoms with Crippen LogP contribution in [0, 0.1) is 17.3 Å². The van der Waals surface area contributed by atoms with Crippen molar-refractivity contribution in [3.05, 3.63) is 35.4 Å². The summed E-state index contributed by atoms with van der Waals surface area (Å²) in [6.07, 6.45) is 0. The maximum Gasteiger partial charge on any atom is 0.252 e. The Labute approximate surface area is 109 Å². The molecule has 0 saturated heterocycles. The van der Waals surface area contributed by atoms with E-state index in [2.05, 4.69) is 37.9 Å². The van der Waals surface area contributed by atoms with Crippen molar-refractivity contribution in [2.45, 2.75) is 20.8 Å². The summed E-state index contributed by atoms with van der Waals surface area (Å²) in [7, 11) is 0. The van der Waals surface area contributed by atoms with Gasteiger partial charge in [0.1, 0.15) is 0 Å².